The number of nitrogens with one attached hydrogen (secondary N) is 1. The van der Waals surface area contributed by atoms with Crippen LogP contribution in [0.15, 0.2) is 75.0 Å². The number of carbonyl (C=O) groups excluding carboxylic acids is 1. The van der Waals surface area contributed by atoms with Gasteiger partial charge in [-0.15, -0.1) is 0 Å². The Morgan fingerprint density at radius 1 is 1.11 bits per heavy atom. The molecule has 27 heavy (non-hydrogen) atoms. The van der Waals surface area contributed by atoms with Gasteiger partial charge in [0.05, 0.1) is 10.6 Å². The molecule has 134 valence electrons. The molecule has 4 nitrogen and oxygen atoms in total. The Balaban J connectivity index is 1.54. The topological polar surface area (TPSA) is 54.6 Å². The summed E-state index contributed by atoms with van der Waals surface area (Å²) in [5.74, 6) is 1.10. The van der Waals surface area contributed by atoms with Gasteiger partial charge in [0, 0.05) is 20.2 Å². The molecule has 0 bridgehead atoms. The van der Waals surface area contributed by atoms with Gasteiger partial charge in [-0.3, -0.25) is 4.79 Å². The number of hydrogen-bond donors (Lipinski definition) is 1. The van der Waals surface area contributed by atoms with E-state index in [1.165, 1.54) is 11.8 Å². The zero-order valence-electron chi connectivity index (χ0n) is 13.8. The fourth-order valence-electron chi connectivity index (χ4n) is 2.47. The van der Waals surface area contributed by atoms with Crippen molar-refractivity contribution in [1.82, 2.24) is 5.32 Å². The van der Waals surface area contributed by atoms with Crippen molar-refractivity contribution < 1.29 is 9.21 Å². The second-order valence-electron chi connectivity index (χ2n) is 5.67. The summed E-state index contributed by atoms with van der Waals surface area (Å²) in [6.07, 6.45) is 1.71. The molecule has 0 spiro atoms. The number of rotatable bonds is 3. The van der Waals surface area contributed by atoms with E-state index in [2.05, 4.69) is 32.9 Å². The van der Waals surface area contributed by atoms with Gasteiger partial charge in [-0.1, -0.05) is 23.7 Å². The van der Waals surface area contributed by atoms with E-state index in [-0.39, 0.29) is 5.91 Å². The minimum atomic E-state index is -0.190. The van der Waals surface area contributed by atoms with E-state index < -0.39 is 0 Å². The van der Waals surface area contributed by atoms with Crippen molar-refractivity contribution >= 4 is 68.8 Å². The minimum absolute atomic E-state index is 0.190. The molecule has 0 atom stereocenters. The lowest BCUT2D eigenvalue weighted by Gasteiger charge is -1.97. The Labute approximate surface area is 178 Å². The monoisotopic (exact) mass is 506 g/mol. The van der Waals surface area contributed by atoms with Gasteiger partial charge in [-0.25, -0.2) is 4.99 Å². The summed E-state index contributed by atoms with van der Waals surface area (Å²) in [7, 11) is 0. The maximum atomic E-state index is 12.2. The van der Waals surface area contributed by atoms with Crippen LogP contribution in [-0.4, -0.2) is 11.1 Å². The first-order valence-corrected chi connectivity index (χ1v) is 10.2. The van der Waals surface area contributed by atoms with Crippen LogP contribution in [0.1, 0.15) is 5.76 Å². The van der Waals surface area contributed by atoms with E-state index in [1.807, 2.05) is 60.7 Å². The van der Waals surface area contributed by atoms with Crippen LogP contribution in [0.3, 0.4) is 0 Å². The number of carbonyl (C=O) groups is 1. The van der Waals surface area contributed by atoms with Crippen LogP contribution in [0.4, 0.5) is 5.69 Å². The van der Waals surface area contributed by atoms with E-state index in [9.17, 15) is 4.79 Å². The number of amides is 1. The molecule has 2 heterocycles. The summed E-state index contributed by atoms with van der Waals surface area (Å²) < 4.78 is 6.97. The van der Waals surface area contributed by atoms with Crippen molar-refractivity contribution in [2.24, 2.45) is 4.99 Å². The molecule has 1 aromatic heterocycles. The van der Waals surface area contributed by atoms with E-state index in [4.69, 9.17) is 16.0 Å². The van der Waals surface area contributed by atoms with Gasteiger partial charge < -0.3 is 9.73 Å². The van der Waals surface area contributed by atoms with Crippen molar-refractivity contribution in [1.29, 1.82) is 0 Å². The van der Waals surface area contributed by atoms with Gasteiger partial charge in [0.25, 0.3) is 5.91 Å². The number of halogens is 2. The van der Waals surface area contributed by atoms with Crippen LogP contribution in [-0.2, 0) is 4.79 Å². The van der Waals surface area contributed by atoms with Crippen molar-refractivity contribution in [2.45, 2.75) is 0 Å². The predicted octanol–water partition coefficient (Wildman–Crippen LogP) is 6.10. The summed E-state index contributed by atoms with van der Waals surface area (Å²) in [6, 6.07) is 18.9. The molecule has 1 aliphatic heterocycles. The molecular formula is C20H12ClIN2O2S. The van der Waals surface area contributed by atoms with Crippen LogP contribution in [0.2, 0.25) is 5.02 Å². The van der Waals surface area contributed by atoms with Gasteiger partial charge in [0.15, 0.2) is 5.17 Å². The fourth-order valence-corrected chi connectivity index (χ4v) is 3.84. The molecule has 1 amide bonds. The first kappa shape index (κ1) is 18.3. The van der Waals surface area contributed by atoms with Gasteiger partial charge >= 0.3 is 0 Å². The Hall–Kier alpha value is -2.03. The highest BCUT2D eigenvalue weighted by Crippen LogP contribution is 2.30. The van der Waals surface area contributed by atoms with Crippen molar-refractivity contribution in [2.75, 3.05) is 0 Å². The van der Waals surface area contributed by atoms with E-state index in [0.717, 1.165) is 14.8 Å². The zero-order valence-corrected chi connectivity index (χ0v) is 17.5. The lowest BCUT2D eigenvalue weighted by Crippen LogP contribution is -2.19. The number of hydrogen-bond acceptors (Lipinski definition) is 4. The molecule has 1 saturated heterocycles. The number of benzene rings is 2. The number of aliphatic imine (C=N–C) groups is 1. The molecule has 4 rings (SSSR count). The summed E-state index contributed by atoms with van der Waals surface area (Å²) >= 11 is 9.55. The van der Waals surface area contributed by atoms with Crippen LogP contribution < -0.4 is 5.32 Å². The van der Waals surface area contributed by atoms with Gasteiger partial charge in [-0.2, -0.15) is 0 Å². The summed E-state index contributed by atoms with van der Waals surface area (Å²) in [4.78, 5) is 17.2. The normalized spacial score (nSPS) is 16.9. The number of furan rings is 1. The van der Waals surface area contributed by atoms with E-state index in [0.29, 0.717) is 26.6 Å². The van der Waals surface area contributed by atoms with Gasteiger partial charge in [-0.05, 0) is 82.9 Å². The van der Waals surface area contributed by atoms with Crippen LogP contribution >= 0.6 is 46.0 Å². The molecule has 1 aliphatic rings. The fraction of sp³-hybridized carbons (Fsp3) is 0. The standard InChI is InChI=1S/C20H12ClIN2O2S/c21-13-3-1-2-12(10-13)17-9-8-16(26-17)11-18-19(25)24-20(27-18)23-15-6-4-14(22)5-7-15/h1-11H,(H,23,24,25)/b18-11+. The predicted molar refractivity (Wildman–Crippen MR) is 119 cm³/mol. The first-order valence-electron chi connectivity index (χ1n) is 7.98. The summed E-state index contributed by atoms with van der Waals surface area (Å²) in [5.41, 5.74) is 1.68. The molecule has 3 aromatic rings. The molecule has 0 radical (unpaired) electrons. The highest BCUT2D eigenvalue weighted by atomic mass is 127. The Morgan fingerprint density at radius 2 is 1.93 bits per heavy atom. The quantitative estimate of drug-likeness (QED) is 0.345. The molecule has 2 aromatic carbocycles. The Kier molecular flexibility index (Phi) is 5.38. The summed E-state index contributed by atoms with van der Waals surface area (Å²) in [5, 5.41) is 3.97. The number of amidine groups is 1. The van der Waals surface area contributed by atoms with Gasteiger partial charge in [0.1, 0.15) is 11.5 Å². The number of nitrogens with zero attached hydrogens (tertiary/aromatic N) is 1. The van der Waals surface area contributed by atoms with E-state index >= 15 is 0 Å². The molecule has 1 fully saturated rings. The third-order valence-corrected chi connectivity index (χ3v) is 5.58. The smallest absolute Gasteiger partial charge is 0.264 e. The van der Waals surface area contributed by atoms with Crippen molar-refractivity contribution in [3.8, 4) is 11.3 Å². The van der Waals surface area contributed by atoms with E-state index in [1.54, 1.807) is 6.08 Å². The van der Waals surface area contributed by atoms with Crippen molar-refractivity contribution in [3.63, 3.8) is 0 Å². The third kappa shape index (κ3) is 4.45. The van der Waals surface area contributed by atoms with Crippen LogP contribution in [0, 0.1) is 3.57 Å². The SMILES string of the molecule is O=C1NC(=Nc2ccc(I)cc2)S/C1=C/c1ccc(-c2cccc(Cl)c2)o1. The van der Waals surface area contributed by atoms with Crippen molar-refractivity contribution in [3.05, 3.63) is 79.9 Å². The molecule has 1 N–H and O–H groups in total. The van der Waals surface area contributed by atoms with Crippen LogP contribution in [0.5, 0.6) is 0 Å². The Morgan fingerprint density at radius 3 is 2.70 bits per heavy atom. The molecule has 0 unspecified atom stereocenters. The first-order chi connectivity index (χ1) is 13.1. The highest BCUT2D eigenvalue weighted by molar-refractivity contribution is 14.1. The lowest BCUT2D eigenvalue weighted by molar-refractivity contribution is -0.115. The second kappa shape index (κ2) is 7.92. The number of thioether (sulfide) groups is 1. The second-order valence-corrected chi connectivity index (χ2v) is 8.38. The zero-order chi connectivity index (χ0) is 18.8. The molecular weight excluding hydrogens is 495 g/mol. The van der Waals surface area contributed by atoms with Gasteiger partial charge in [0.2, 0.25) is 0 Å². The minimum Gasteiger partial charge on any atom is -0.457 e. The third-order valence-electron chi connectivity index (χ3n) is 3.72. The maximum Gasteiger partial charge on any atom is 0.264 e. The average Bonchev–Trinajstić information content (AvgIpc) is 3.24. The maximum absolute atomic E-state index is 12.2. The molecule has 0 aliphatic carbocycles. The van der Waals surface area contributed by atoms with Crippen LogP contribution in [0.25, 0.3) is 17.4 Å². The lowest BCUT2D eigenvalue weighted by atomic mass is 10.2. The highest BCUT2D eigenvalue weighted by Gasteiger charge is 2.24. The Bertz CT molecular complexity index is 1070. The molecule has 7 heteroatoms. The molecule has 0 saturated carbocycles. The largest absolute Gasteiger partial charge is 0.457 e. The average molecular weight is 507 g/mol. The summed E-state index contributed by atoms with van der Waals surface area (Å²) in [6.45, 7) is 0.